The first kappa shape index (κ1) is 17.3. The molecule has 2 heterocycles. The molecular formula is C15H24ClN7. The highest BCUT2D eigenvalue weighted by molar-refractivity contribution is 6.30. The molecule has 1 N–H and O–H groups in total. The van der Waals surface area contributed by atoms with Crippen LogP contribution in [0.15, 0.2) is 23.6 Å². The van der Waals surface area contributed by atoms with Crippen molar-refractivity contribution in [1.82, 2.24) is 29.5 Å². The van der Waals surface area contributed by atoms with Gasteiger partial charge in [-0.25, -0.2) is 4.99 Å². The lowest BCUT2D eigenvalue weighted by Gasteiger charge is -2.22. The normalized spacial score (nSPS) is 11.8. The topological polar surface area (TPSA) is 63.3 Å². The van der Waals surface area contributed by atoms with Crippen LogP contribution in [0.1, 0.15) is 25.4 Å². The minimum atomic E-state index is 0.494. The van der Waals surface area contributed by atoms with Crippen LogP contribution in [0.3, 0.4) is 0 Å². The van der Waals surface area contributed by atoms with Gasteiger partial charge in [0.15, 0.2) is 11.8 Å². The number of aromatic nitrogens is 4. The largest absolute Gasteiger partial charge is 0.357 e. The number of hydrogen-bond acceptors (Lipinski definition) is 3. The Morgan fingerprint density at radius 2 is 2.22 bits per heavy atom. The highest BCUT2D eigenvalue weighted by Crippen LogP contribution is 2.14. The fourth-order valence-corrected chi connectivity index (χ4v) is 2.59. The number of aryl methyl sites for hydroxylation is 2. The Morgan fingerprint density at radius 1 is 1.43 bits per heavy atom. The highest BCUT2D eigenvalue weighted by Gasteiger charge is 2.10. The molecule has 0 aromatic carbocycles. The quantitative estimate of drug-likeness (QED) is 0.646. The zero-order valence-corrected chi connectivity index (χ0v) is 14.9. The second-order valence-electron chi connectivity index (χ2n) is 5.32. The van der Waals surface area contributed by atoms with Crippen molar-refractivity contribution in [2.75, 3.05) is 13.6 Å². The summed E-state index contributed by atoms with van der Waals surface area (Å²) >= 11 is 6.05. The molecule has 0 amide bonds. The molecule has 0 unspecified atom stereocenters. The monoisotopic (exact) mass is 337 g/mol. The predicted octanol–water partition coefficient (Wildman–Crippen LogP) is 1.89. The number of nitrogens with zero attached hydrogens (tertiary/aromatic N) is 6. The SMILES string of the molecule is CCNC(=NCc1nncn1CC)N(C)Cc1cc(Cl)cn1C. The summed E-state index contributed by atoms with van der Waals surface area (Å²) in [7, 11) is 4.00. The predicted molar refractivity (Wildman–Crippen MR) is 92.4 cm³/mol. The van der Waals surface area contributed by atoms with Gasteiger partial charge in [-0.05, 0) is 19.9 Å². The fourth-order valence-electron chi connectivity index (χ4n) is 2.32. The van der Waals surface area contributed by atoms with Crippen molar-refractivity contribution in [3.05, 3.63) is 35.1 Å². The molecule has 0 saturated heterocycles. The summed E-state index contributed by atoms with van der Waals surface area (Å²) in [6.07, 6.45) is 3.63. The van der Waals surface area contributed by atoms with Crippen molar-refractivity contribution in [1.29, 1.82) is 0 Å². The summed E-state index contributed by atoms with van der Waals surface area (Å²) in [4.78, 5) is 6.73. The van der Waals surface area contributed by atoms with Crippen LogP contribution >= 0.6 is 11.6 Å². The van der Waals surface area contributed by atoms with E-state index >= 15 is 0 Å². The molecule has 0 saturated carbocycles. The molecule has 2 aromatic rings. The fraction of sp³-hybridized carbons (Fsp3) is 0.533. The zero-order valence-electron chi connectivity index (χ0n) is 14.1. The first-order valence-corrected chi connectivity index (χ1v) is 8.09. The van der Waals surface area contributed by atoms with Crippen molar-refractivity contribution in [3.8, 4) is 0 Å². The second-order valence-corrected chi connectivity index (χ2v) is 5.76. The third kappa shape index (κ3) is 4.48. The first-order valence-electron chi connectivity index (χ1n) is 7.72. The molecule has 126 valence electrons. The van der Waals surface area contributed by atoms with Crippen molar-refractivity contribution < 1.29 is 0 Å². The van der Waals surface area contributed by atoms with E-state index in [9.17, 15) is 0 Å². The van der Waals surface area contributed by atoms with Gasteiger partial charge in [-0.3, -0.25) is 0 Å². The summed E-state index contributed by atoms with van der Waals surface area (Å²) in [5.74, 6) is 1.69. The Labute approximate surface area is 142 Å². The van der Waals surface area contributed by atoms with Gasteiger partial charge in [-0.15, -0.1) is 10.2 Å². The van der Waals surface area contributed by atoms with Gasteiger partial charge in [0.05, 0.1) is 11.6 Å². The Bertz CT molecular complexity index is 659. The van der Waals surface area contributed by atoms with Crippen molar-refractivity contribution in [2.24, 2.45) is 12.0 Å². The minimum absolute atomic E-state index is 0.494. The van der Waals surface area contributed by atoms with Crippen LogP contribution in [0.2, 0.25) is 5.02 Å². The molecule has 8 heteroatoms. The minimum Gasteiger partial charge on any atom is -0.357 e. The van der Waals surface area contributed by atoms with Crippen LogP contribution < -0.4 is 5.32 Å². The molecule has 0 aliphatic heterocycles. The number of aliphatic imine (C=N–C) groups is 1. The third-order valence-electron chi connectivity index (χ3n) is 3.58. The van der Waals surface area contributed by atoms with Gasteiger partial charge in [-0.1, -0.05) is 11.6 Å². The molecule has 0 aliphatic carbocycles. The summed E-state index contributed by atoms with van der Waals surface area (Å²) in [6, 6.07) is 1.97. The lowest BCUT2D eigenvalue weighted by Crippen LogP contribution is -2.38. The first-order chi connectivity index (χ1) is 11.0. The molecule has 2 aromatic heterocycles. The van der Waals surface area contributed by atoms with E-state index in [1.165, 1.54) is 0 Å². The Balaban J connectivity index is 2.10. The van der Waals surface area contributed by atoms with Crippen molar-refractivity contribution >= 4 is 17.6 Å². The van der Waals surface area contributed by atoms with Gasteiger partial charge in [0, 0.05) is 39.1 Å². The lowest BCUT2D eigenvalue weighted by atomic mass is 10.4. The van der Waals surface area contributed by atoms with E-state index in [0.29, 0.717) is 6.54 Å². The van der Waals surface area contributed by atoms with E-state index in [2.05, 4.69) is 39.3 Å². The standard InChI is InChI=1S/C15H24ClN7/c1-5-17-15(18-8-14-20-19-11-23(14)6-2)22(4)10-13-7-12(16)9-21(13)3/h7,9,11H,5-6,8,10H2,1-4H3,(H,17,18). The van der Waals surface area contributed by atoms with Crippen LogP contribution in [-0.2, 0) is 26.7 Å². The Morgan fingerprint density at radius 3 is 2.83 bits per heavy atom. The number of hydrogen-bond donors (Lipinski definition) is 1. The molecule has 0 bridgehead atoms. The molecule has 0 spiro atoms. The van der Waals surface area contributed by atoms with Crippen LogP contribution in [0.5, 0.6) is 0 Å². The molecule has 0 aliphatic rings. The average molecular weight is 338 g/mol. The number of halogens is 1. The molecule has 2 rings (SSSR count). The molecule has 0 fully saturated rings. The summed E-state index contributed by atoms with van der Waals surface area (Å²) in [6.45, 7) is 6.97. The van der Waals surface area contributed by atoms with E-state index in [1.54, 1.807) is 6.33 Å². The lowest BCUT2D eigenvalue weighted by molar-refractivity contribution is 0.461. The van der Waals surface area contributed by atoms with Crippen molar-refractivity contribution in [3.63, 3.8) is 0 Å². The summed E-state index contributed by atoms with van der Waals surface area (Å²) < 4.78 is 4.01. The average Bonchev–Trinajstić information content (AvgIpc) is 3.09. The van der Waals surface area contributed by atoms with E-state index in [1.807, 2.05) is 35.5 Å². The highest BCUT2D eigenvalue weighted by atomic mass is 35.5. The maximum absolute atomic E-state index is 6.05. The zero-order chi connectivity index (χ0) is 16.8. The van der Waals surface area contributed by atoms with E-state index in [0.717, 1.165) is 42.1 Å². The Kier molecular flexibility index (Phi) is 6.04. The van der Waals surface area contributed by atoms with Gasteiger partial charge >= 0.3 is 0 Å². The third-order valence-corrected chi connectivity index (χ3v) is 3.78. The number of nitrogens with one attached hydrogen (secondary N) is 1. The van der Waals surface area contributed by atoms with Crippen LogP contribution in [0.25, 0.3) is 0 Å². The van der Waals surface area contributed by atoms with Gasteiger partial charge in [-0.2, -0.15) is 0 Å². The number of rotatable bonds is 6. The Hall–Kier alpha value is -2.02. The molecule has 23 heavy (non-hydrogen) atoms. The molecule has 0 atom stereocenters. The summed E-state index contributed by atoms with van der Waals surface area (Å²) in [5.41, 5.74) is 1.12. The maximum atomic E-state index is 6.05. The van der Waals surface area contributed by atoms with Gasteiger partial charge in [0.1, 0.15) is 12.9 Å². The van der Waals surface area contributed by atoms with Crippen molar-refractivity contribution in [2.45, 2.75) is 33.5 Å². The van der Waals surface area contributed by atoms with Crippen LogP contribution in [-0.4, -0.2) is 43.8 Å². The van der Waals surface area contributed by atoms with Crippen LogP contribution in [0, 0.1) is 0 Å². The molecule has 7 nitrogen and oxygen atoms in total. The van der Waals surface area contributed by atoms with E-state index in [4.69, 9.17) is 11.6 Å². The van der Waals surface area contributed by atoms with Gasteiger partial charge < -0.3 is 19.4 Å². The van der Waals surface area contributed by atoms with E-state index < -0.39 is 0 Å². The maximum Gasteiger partial charge on any atom is 0.194 e. The van der Waals surface area contributed by atoms with Gasteiger partial charge in [0.25, 0.3) is 0 Å². The smallest absolute Gasteiger partial charge is 0.194 e. The van der Waals surface area contributed by atoms with Crippen LogP contribution in [0.4, 0.5) is 0 Å². The molecule has 0 radical (unpaired) electrons. The summed E-state index contributed by atoms with van der Waals surface area (Å²) in [5, 5.41) is 12.1. The van der Waals surface area contributed by atoms with E-state index in [-0.39, 0.29) is 0 Å². The number of guanidine groups is 1. The second kappa shape index (κ2) is 8.01. The van der Waals surface area contributed by atoms with Gasteiger partial charge in [0.2, 0.25) is 0 Å². The molecular weight excluding hydrogens is 314 g/mol.